The number of carbonyl (C=O) groups excluding carboxylic acids is 1. The molecule has 1 aromatic heterocycles. The summed E-state index contributed by atoms with van der Waals surface area (Å²) in [7, 11) is 0. The molecule has 7 nitrogen and oxygen atoms in total. The first-order valence-corrected chi connectivity index (χ1v) is 12.4. The van der Waals surface area contributed by atoms with E-state index in [-0.39, 0.29) is 11.5 Å². The van der Waals surface area contributed by atoms with Crippen molar-refractivity contribution >= 4 is 22.9 Å². The summed E-state index contributed by atoms with van der Waals surface area (Å²) in [6, 6.07) is 30.3. The summed E-state index contributed by atoms with van der Waals surface area (Å²) in [5.41, 5.74) is 5.59. The lowest BCUT2D eigenvalue weighted by atomic mass is 9.99. The first-order chi connectivity index (χ1) is 18.5. The van der Waals surface area contributed by atoms with E-state index in [4.69, 9.17) is 4.74 Å². The predicted molar refractivity (Wildman–Crippen MR) is 146 cm³/mol. The van der Waals surface area contributed by atoms with Crippen LogP contribution in [0.25, 0.3) is 22.2 Å². The summed E-state index contributed by atoms with van der Waals surface area (Å²) >= 11 is 0. The number of carboxylic acids is 1. The van der Waals surface area contributed by atoms with Gasteiger partial charge in [0.1, 0.15) is 0 Å². The molecular formula is C31H27N3O4. The molecule has 5 aromatic rings. The van der Waals surface area contributed by atoms with Crippen molar-refractivity contribution in [1.82, 2.24) is 14.9 Å². The Hall–Kier alpha value is -4.91. The summed E-state index contributed by atoms with van der Waals surface area (Å²) in [6.45, 7) is 3.17. The largest absolute Gasteiger partial charge is 0.478 e. The number of rotatable bonds is 9. The van der Waals surface area contributed by atoms with Gasteiger partial charge in [0.05, 0.1) is 35.3 Å². The number of para-hydroxylation sites is 1. The van der Waals surface area contributed by atoms with E-state index < -0.39 is 5.97 Å². The van der Waals surface area contributed by atoms with E-state index in [2.05, 4.69) is 10.3 Å². The number of carbonyl (C=O) groups is 2. The third-order valence-electron chi connectivity index (χ3n) is 6.31. The summed E-state index contributed by atoms with van der Waals surface area (Å²) in [6.07, 6.45) is 0. The molecule has 1 heterocycles. The van der Waals surface area contributed by atoms with E-state index in [0.717, 1.165) is 16.7 Å². The summed E-state index contributed by atoms with van der Waals surface area (Å²) in [4.78, 5) is 29.6. The highest BCUT2D eigenvalue weighted by Crippen LogP contribution is 2.28. The number of benzene rings is 4. The number of ether oxygens (including phenoxy) is 1. The Morgan fingerprint density at radius 1 is 0.842 bits per heavy atom. The maximum absolute atomic E-state index is 13.3. The quantitative estimate of drug-likeness (QED) is 0.265. The van der Waals surface area contributed by atoms with Crippen LogP contribution in [0.2, 0.25) is 0 Å². The van der Waals surface area contributed by atoms with E-state index in [1.807, 2.05) is 84.3 Å². The van der Waals surface area contributed by atoms with Gasteiger partial charge in [0.2, 0.25) is 0 Å². The molecule has 0 aliphatic heterocycles. The highest BCUT2D eigenvalue weighted by molar-refractivity contribution is 6.05. The van der Waals surface area contributed by atoms with Gasteiger partial charge in [-0.05, 0) is 47.4 Å². The molecule has 1 amide bonds. The monoisotopic (exact) mass is 505 g/mol. The first-order valence-electron chi connectivity index (χ1n) is 12.4. The Balaban J connectivity index is 1.47. The third kappa shape index (κ3) is 5.13. The molecule has 0 radical (unpaired) electrons. The lowest BCUT2D eigenvalue weighted by Gasteiger charge is -2.13. The highest BCUT2D eigenvalue weighted by atomic mass is 16.5. The number of fused-ring (bicyclic) bond motifs is 1. The number of nitrogens with zero attached hydrogens (tertiary/aromatic N) is 2. The van der Waals surface area contributed by atoms with Gasteiger partial charge in [0.25, 0.3) is 11.9 Å². The van der Waals surface area contributed by atoms with Crippen molar-refractivity contribution in [3.63, 3.8) is 0 Å². The van der Waals surface area contributed by atoms with Gasteiger partial charge >= 0.3 is 5.97 Å². The maximum Gasteiger partial charge on any atom is 0.336 e. The van der Waals surface area contributed by atoms with Gasteiger partial charge in [-0.3, -0.25) is 9.36 Å². The molecule has 0 aliphatic carbocycles. The Kier molecular flexibility index (Phi) is 7.17. The van der Waals surface area contributed by atoms with Crippen molar-refractivity contribution < 1.29 is 19.4 Å². The van der Waals surface area contributed by atoms with Crippen LogP contribution in [-0.4, -0.2) is 33.1 Å². The predicted octanol–water partition coefficient (Wildman–Crippen LogP) is 5.78. The molecule has 190 valence electrons. The lowest BCUT2D eigenvalue weighted by Crippen LogP contribution is -2.23. The minimum absolute atomic E-state index is 0.190. The standard InChI is InChI=1S/C31H27N3O4/c1-2-38-31-33-27-14-8-13-26(29(35)32-19-21-9-4-3-5-10-21)28(27)34(31)20-22-15-17-23(18-16-22)24-11-6-7-12-25(24)30(36)37/h3-18H,2,19-20H2,1H3,(H,32,35)(H,36,37). The van der Waals surface area contributed by atoms with Crippen molar-refractivity contribution in [2.75, 3.05) is 6.61 Å². The topological polar surface area (TPSA) is 93.5 Å². The Labute approximate surface area is 220 Å². The number of amides is 1. The summed E-state index contributed by atoms with van der Waals surface area (Å²) in [5.74, 6) is -1.15. The molecule has 0 bridgehead atoms. The van der Waals surface area contributed by atoms with E-state index in [1.165, 1.54) is 0 Å². The van der Waals surface area contributed by atoms with Crippen LogP contribution >= 0.6 is 0 Å². The molecule has 0 atom stereocenters. The molecule has 0 aliphatic rings. The third-order valence-corrected chi connectivity index (χ3v) is 6.31. The van der Waals surface area contributed by atoms with Crippen molar-refractivity contribution in [2.24, 2.45) is 0 Å². The molecule has 2 N–H and O–H groups in total. The fraction of sp³-hybridized carbons (Fsp3) is 0.129. The highest BCUT2D eigenvalue weighted by Gasteiger charge is 2.19. The SMILES string of the molecule is CCOc1nc2cccc(C(=O)NCc3ccccc3)c2n1Cc1ccc(-c2ccccc2C(=O)O)cc1. The van der Waals surface area contributed by atoms with Gasteiger partial charge in [0.15, 0.2) is 0 Å². The maximum atomic E-state index is 13.3. The van der Waals surface area contributed by atoms with Crippen LogP contribution < -0.4 is 10.1 Å². The molecule has 7 heteroatoms. The Morgan fingerprint density at radius 3 is 2.29 bits per heavy atom. The zero-order valence-electron chi connectivity index (χ0n) is 20.9. The van der Waals surface area contributed by atoms with Crippen LogP contribution in [0.4, 0.5) is 0 Å². The molecule has 4 aromatic carbocycles. The molecule has 0 saturated heterocycles. The minimum Gasteiger partial charge on any atom is -0.478 e. The number of imidazole rings is 1. The fourth-order valence-electron chi connectivity index (χ4n) is 4.50. The smallest absolute Gasteiger partial charge is 0.336 e. The average Bonchev–Trinajstić information content (AvgIpc) is 3.29. The van der Waals surface area contributed by atoms with Gasteiger partial charge in [-0.25, -0.2) is 4.79 Å². The van der Waals surface area contributed by atoms with Crippen LogP contribution in [0.5, 0.6) is 6.01 Å². The second-order valence-corrected chi connectivity index (χ2v) is 8.80. The zero-order chi connectivity index (χ0) is 26.5. The number of hydrogen-bond donors (Lipinski definition) is 2. The van der Waals surface area contributed by atoms with E-state index in [1.54, 1.807) is 24.3 Å². The van der Waals surface area contributed by atoms with Crippen LogP contribution in [0.15, 0.2) is 97.1 Å². The molecular weight excluding hydrogens is 478 g/mol. The molecule has 0 fully saturated rings. The van der Waals surface area contributed by atoms with Crippen molar-refractivity contribution in [1.29, 1.82) is 0 Å². The molecule has 0 spiro atoms. The van der Waals surface area contributed by atoms with Crippen LogP contribution in [0, 0.1) is 0 Å². The first kappa shape index (κ1) is 24.8. The van der Waals surface area contributed by atoms with E-state index in [0.29, 0.717) is 47.9 Å². The zero-order valence-corrected chi connectivity index (χ0v) is 20.9. The van der Waals surface area contributed by atoms with Crippen molar-refractivity contribution in [3.05, 3.63) is 119 Å². The number of hydrogen-bond acceptors (Lipinski definition) is 4. The fourth-order valence-corrected chi connectivity index (χ4v) is 4.50. The Morgan fingerprint density at radius 2 is 1.55 bits per heavy atom. The van der Waals surface area contributed by atoms with Crippen molar-refractivity contribution in [2.45, 2.75) is 20.0 Å². The number of aromatic carboxylic acids is 1. The van der Waals surface area contributed by atoms with Gasteiger partial charge in [-0.15, -0.1) is 0 Å². The molecule has 5 rings (SSSR count). The molecule has 0 unspecified atom stereocenters. The van der Waals surface area contributed by atoms with Gasteiger partial charge in [-0.1, -0.05) is 78.9 Å². The summed E-state index contributed by atoms with van der Waals surface area (Å²) in [5, 5.41) is 12.6. The Bertz CT molecular complexity index is 1590. The van der Waals surface area contributed by atoms with E-state index >= 15 is 0 Å². The second-order valence-electron chi connectivity index (χ2n) is 8.80. The number of aromatic nitrogens is 2. The van der Waals surface area contributed by atoms with Crippen LogP contribution in [-0.2, 0) is 13.1 Å². The molecule has 38 heavy (non-hydrogen) atoms. The van der Waals surface area contributed by atoms with Crippen LogP contribution in [0.3, 0.4) is 0 Å². The summed E-state index contributed by atoms with van der Waals surface area (Å²) < 4.78 is 7.76. The number of carboxylic acid groups (broad SMARTS) is 1. The minimum atomic E-state index is -0.964. The van der Waals surface area contributed by atoms with E-state index in [9.17, 15) is 14.7 Å². The second kappa shape index (κ2) is 11.0. The van der Waals surface area contributed by atoms with Crippen LogP contribution in [0.1, 0.15) is 38.8 Å². The molecule has 0 saturated carbocycles. The normalized spacial score (nSPS) is 10.9. The number of nitrogens with one attached hydrogen (secondary N) is 1. The van der Waals surface area contributed by atoms with Gasteiger partial charge < -0.3 is 15.2 Å². The van der Waals surface area contributed by atoms with Crippen molar-refractivity contribution in [3.8, 4) is 17.1 Å². The lowest BCUT2D eigenvalue weighted by molar-refractivity contribution is 0.0697. The van der Waals surface area contributed by atoms with Gasteiger partial charge in [-0.2, -0.15) is 4.98 Å². The average molecular weight is 506 g/mol. The van der Waals surface area contributed by atoms with Gasteiger partial charge in [0, 0.05) is 6.54 Å².